The lowest BCUT2D eigenvalue weighted by molar-refractivity contribution is 0.594. The highest BCUT2D eigenvalue weighted by molar-refractivity contribution is 7.91. The first-order valence-corrected chi connectivity index (χ1v) is 5.23. The van der Waals surface area contributed by atoms with Crippen molar-refractivity contribution in [1.82, 2.24) is 0 Å². The summed E-state index contributed by atoms with van der Waals surface area (Å²) in [7, 11) is -2.83. The van der Waals surface area contributed by atoms with E-state index in [1.165, 1.54) is 0 Å². The fraction of sp³-hybridized carbons (Fsp3) is 0.714. The van der Waals surface area contributed by atoms with E-state index in [-0.39, 0.29) is 11.5 Å². The maximum Gasteiger partial charge on any atom is 0.150 e. The third kappa shape index (κ3) is 4.79. The van der Waals surface area contributed by atoms with Crippen LogP contribution >= 0.6 is 0 Å². The molecule has 0 saturated heterocycles. The molecule has 2 radical (unpaired) electrons. The summed E-state index contributed by atoms with van der Waals surface area (Å²) in [6, 6.07) is 0. The van der Waals surface area contributed by atoms with Crippen LogP contribution < -0.4 is 0 Å². The number of rotatable bonds is 5. The van der Waals surface area contributed by atoms with Gasteiger partial charge in [0.15, 0.2) is 0 Å². The third-order valence-corrected chi connectivity index (χ3v) is 2.80. The van der Waals surface area contributed by atoms with Crippen molar-refractivity contribution in [3.8, 4) is 0 Å². The van der Waals surface area contributed by atoms with Gasteiger partial charge in [0, 0.05) is 0 Å². The van der Waals surface area contributed by atoms with Gasteiger partial charge in [0.1, 0.15) is 9.84 Å². The molecular formula is C7H14O2S. The number of hydrogen-bond donors (Lipinski definition) is 0. The van der Waals surface area contributed by atoms with Gasteiger partial charge < -0.3 is 0 Å². The minimum atomic E-state index is -2.83. The second-order valence-electron chi connectivity index (χ2n) is 2.21. The first-order chi connectivity index (χ1) is 4.62. The fourth-order valence-corrected chi connectivity index (χ4v) is 1.45. The highest BCUT2D eigenvalue weighted by atomic mass is 32.2. The molecule has 0 fully saturated rings. The van der Waals surface area contributed by atoms with Gasteiger partial charge in [-0.05, 0) is 13.3 Å². The number of hydrogen-bond acceptors (Lipinski definition) is 2. The van der Waals surface area contributed by atoms with Crippen molar-refractivity contribution >= 4 is 9.84 Å². The van der Waals surface area contributed by atoms with Crippen LogP contribution in [0.2, 0.25) is 0 Å². The molecule has 0 atom stereocenters. The Kier molecular flexibility index (Phi) is 4.69. The average molecular weight is 162 g/mol. The molecule has 10 heavy (non-hydrogen) atoms. The molecule has 0 aromatic rings. The Morgan fingerprint density at radius 3 is 2.10 bits per heavy atom. The molecule has 60 valence electrons. The van der Waals surface area contributed by atoms with Crippen molar-refractivity contribution < 1.29 is 8.42 Å². The molecule has 3 heteroatoms. The first-order valence-electron chi connectivity index (χ1n) is 3.41. The molecule has 0 aliphatic rings. The van der Waals surface area contributed by atoms with E-state index in [1.807, 2.05) is 0 Å². The van der Waals surface area contributed by atoms with Gasteiger partial charge in [0.05, 0.1) is 11.5 Å². The molecule has 0 unspecified atom stereocenters. The van der Waals surface area contributed by atoms with Crippen LogP contribution in [0.25, 0.3) is 0 Å². The standard InChI is InChI=1S/C7H14O2S/c1-3-5-6-7-10(8,9)4-2/h1-7H2. The summed E-state index contributed by atoms with van der Waals surface area (Å²) in [6.45, 7) is 6.95. The molecule has 0 saturated carbocycles. The summed E-state index contributed by atoms with van der Waals surface area (Å²) >= 11 is 0. The Morgan fingerprint density at radius 1 is 1.10 bits per heavy atom. The molecule has 0 aromatic carbocycles. The lowest BCUT2D eigenvalue weighted by Crippen LogP contribution is -2.08. The quantitative estimate of drug-likeness (QED) is 0.570. The molecule has 0 aromatic heterocycles. The molecule has 0 spiro atoms. The summed E-state index contributed by atoms with van der Waals surface area (Å²) in [5, 5.41) is 0. The monoisotopic (exact) mass is 162 g/mol. The minimum absolute atomic E-state index is 0.0180. The van der Waals surface area contributed by atoms with Crippen LogP contribution in [0.1, 0.15) is 19.3 Å². The van der Waals surface area contributed by atoms with Gasteiger partial charge in [0.25, 0.3) is 0 Å². The SMILES string of the molecule is [CH2]CCCCS(=O)(=O)C[CH2]. The van der Waals surface area contributed by atoms with E-state index >= 15 is 0 Å². The van der Waals surface area contributed by atoms with Gasteiger partial charge in [-0.25, -0.2) is 8.42 Å². The molecular weight excluding hydrogens is 148 g/mol. The van der Waals surface area contributed by atoms with E-state index in [1.54, 1.807) is 0 Å². The summed E-state index contributed by atoms with van der Waals surface area (Å²) in [5.74, 6) is 0.288. The van der Waals surface area contributed by atoms with Gasteiger partial charge in [-0.2, -0.15) is 0 Å². The van der Waals surface area contributed by atoms with Crippen LogP contribution in [0.4, 0.5) is 0 Å². The van der Waals surface area contributed by atoms with Gasteiger partial charge in [-0.15, -0.1) is 0 Å². The van der Waals surface area contributed by atoms with Crippen molar-refractivity contribution in [2.45, 2.75) is 19.3 Å². The molecule has 0 bridgehead atoms. The second-order valence-corrected chi connectivity index (χ2v) is 4.52. The van der Waals surface area contributed by atoms with Crippen molar-refractivity contribution in [1.29, 1.82) is 0 Å². The zero-order valence-electron chi connectivity index (χ0n) is 6.17. The molecule has 0 N–H and O–H groups in total. The average Bonchev–Trinajstić information content (AvgIpc) is 1.89. The van der Waals surface area contributed by atoms with E-state index in [9.17, 15) is 8.42 Å². The molecule has 0 aliphatic heterocycles. The fourth-order valence-electron chi connectivity index (χ4n) is 0.601. The van der Waals surface area contributed by atoms with Crippen molar-refractivity contribution in [3.63, 3.8) is 0 Å². The van der Waals surface area contributed by atoms with Gasteiger partial charge in [0.2, 0.25) is 0 Å². The van der Waals surface area contributed by atoms with Crippen LogP contribution in [-0.4, -0.2) is 19.9 Å². The predicted octanol–water partition coefficient (Wildman–Crippen LogP) is 1.24. The summed E-state index contributed by atoms with van der Waals surface area (Å²) in [5.41, 5.74) is 0. The Labute approximate surface area is 63.6 Å². The first kappa shape index (κ1) is 9.95. The highest BCUT2D eigenvalue weighted by Crippen LogP contribution is 1.98. The Balaban J connectivity index is 3.49. The van der Waals surface area contributed by atoms with Crippen LogP contribution in [0.3, 0.4) is 0 Å². The number of sulfone groups is 1. The van der Waals surface area contributed by atoms with E-state index in [0.717, 1.165) is 19.3 Å². The normalized spacial score (nSPS) is 11.8. The zero-order chi connectivity index (χ0) is 8.04. The minimum Gasteiger partial charge on any atom is -0.229 e. The van der Waals surface area contributed by atoms with Crippen molar-refractivity contribution in [3.05, 3.63) is 13.8 Å². The van der Waals surface area contributed by atoms with Crippen LogP contribution in [0, 0.1) is 13.8 Å². The molecule has 0 amide bonds. The molecule has 0 rings (SSSR count). The van der Waals surface area contributed by atoms with Gasteiger partial charge >= 0.3 is 0 Å². The largest absolute Gasteiger partial charge is 0.229 e. The van der Waals surface area contributed by atoms with Crippen LogP contribution in [0.15, 0.2) is 0 Å². The summed E-state index contributed by atoms with van der Waals surface area (Å²) in [4.78, 5) is 0. The molecule has 0 heterocycles. The van der Waals surface area contributed by atoms with E-state index in [2.05, 4.69) is 13.8 Å². The Bertz CT molecular complexity index is 158. The summed E-state index contributed by atoms with van der Waals surface area (Å²) in [6.07, 6.45) is 2.42. The smallest absolute Gasteiger partial charge is 0.150 e. The van der Waals surface area contributed by atoms with Crippen LogP contribution in [-0.2, 0) is 9.84 Å². The molecule has 0 aliphatic carbocycles. The predicted molar refractivity (Wildman–Crippen MR) is 43.2 cm³/mol. The van der Waals surface area contributed by atoms with E-state index in [0.29, 0.717) is 0 Å². The zero-order valence-corrected chi connectivity index (χ0v) is 6.99. The lowest BCUT2D eigenvalue weighted by atomic mass is 10.3. The summed E-state index contributed by atoms with van der Waals surface area (Å²) < 4.78 is 21.6. The van der Waals surface area contributed by atoms with Crippen LogP contribution in [0.5, 0.6) is 0 Å². The molecule has 2 nitrogen and oxygen atoms in total. The van der Waals surface area contributed by atoms with Crippen molar-refractivity contribution in [2.75, 3.05) is 11.5 Å². The number of unbranched alkanes of at least 4 members (excludes halogenated alkanes) is 2. The Hall–Kier alpha value is -0.0500. The second kappa shape index (κ2) is 4.72. The van der Waals surface area contributed by atoms with Gasteiger partial charge in [-0.3, -0.25) is 0 Å². The van der Waals surface area contributed by atoms with Crippen molar-refractivity contribution in [2.24, 2.45) is 0 Å². The topological polar surface area (TPSA) is 34.1 Å². The third-order valence-electron chi connectivity index (χ3n) is 1.27. The maximum absolute atomic E-state index is 10.8. The highest BCUT2D eigenvalue weighted by Gasteiger charge is 2.04. The van der Waals surface area contributed by atoms with E-state index in [4.69, 9.17) is 0 Å². The van der Waals surface area contributed by atoms with Gasteiger partial charge in [-0.1, -0.05) is 19.8 Å². The lowest BCUT2D eigenvalue weighted by Gasteiger charge is -1.97. The maximum atomic E-state index is 10.8. The Morgan fingerprint density at radius 2 is 1.70 bits per heavy atom. The van der Waals surface area contributed by atoms with E-state index < -0.39 is 9.84 Å².